The summed E-state index contributed by atoms with van der Waals surface area (Å²) in [4.78, 5) is 29.0. The van der Waals surface area contributed by atoms with Gasteiger partial charge in [-0.25, -0.2) is 0 Å². The van der Waals surface area contributed by atoms with Gasteiger partial charge in [0, 0.05) is 49.7 Å². The minimum atomic E-state index is -4.51. The minimum absolute atomic E-state index is 0.000627. The van der Waals surface area contributed by atoms with Crippen LogP contribution in [0.3, 0.4) is 0 Å². The number of nitrogens with one attached hydrogen (secondary N) is 2. The zero-order valence-electron chi connectivity index (χ0n) is 19.3. The summed E-state index contributed by atoms with van der Waals surface area (Å²) in [5.74, 6) is -0.508. The lowest BCUT2D eigenvalue weighted by molar-refractivity contribution is -0.137. The third kappa shape index (κ3) is 5.19. The van der Waals surface area contributed by atoms with E-state index < -0.39 is 17.6 Å². The van der Waals surface area contributed by atoms with Crippen molar-refractivity contribution >= 4 is 28.9 Å². The number of rotatable bonds is 5. The molecular formula is C25H29F3N4O2. The minimum Gasteiger partial charge on any atom is -0.382 e. The van der Waals surface area contributed by atoms with Crippen LogP contribution < -0.4 is 15.5 Å². The molecule has 34 heavy (non-hydrogen) atoms. The van der Waals surface area contributed by atoms with Crippen molar-refractivity contribution in [2.24, 2.45) is 0 Å². The quantitative estimate of drug-likeness (QED) is 0.656. The lowest BCUT2D eigenvalue weighted by Crippen LogP contribution is -2.39. The molecular weight excluding hydrogens is 445 g/mol. The average molecular weight is 475 g/mol. The number of amides is 2. The lowest BCUT2D eigenvalue weighted by atomic mass is 10.0. The maximum absolute atomic E-state index is 13.4. The summed E-state index contributed by atoms with van der Waals surface area (Å²) in [6.45, 7) is 4.73. The Morgan fingerprint density at radius 1 is 1.09 bits per heavy atom. The van der Waals surface area contributed by atoms with E-state index in [1.807, 2.05) is 6.07 Å². The smallest absolute Gasteiger partial charge is 0.382 e. The topological polar surface area (TPSA) is 64.7 Å². The Balaban J connectivity index is 1.58. The third-order valence-corrected chi connectivity index (χ3v) is 6.67. The molecule has 2 aliphatic rings. The van der Waals surface area contributed by atoms with Gasteiger partial charge in [0.25, 0.3) is 5.91 Å². The van der Waals surface area contributed by atoms with Crippen LogP contribution in [0.25, 0.3) is 0 Å². The molecule has 2 amide bonds. The predicted molar refractivity (Wildman–Crippen MR) is 126 cm³/mol. The molecule has 0 atom stereocenters. The summed E-state index contributed by atoms with van der Waals surface area (Å²) in [5.41, 5.74) is 1.73. The van der Waals surface area contributed by atoms with E-state index >= 15 is 0 Å². The van der Waals surface area contributed by atoms with Gasteiger partial charge in [-0.05, 0) is 61.7 Å². The van der Waals surface area contributed by atoms with E-state index in [0.29, 0.717) is 18.5 Å². The molecule has 0 aliphatic carbocycles. The second-order valence-electron chi connectivity index (χ2n) is 8.86. The summed E-state index contributed by atoms with van der Waals surface area (Å²) in [6, 6.07) is 8.48. The van der Waals surface area contributed by atoms with Crippen molar-refractivity contribution in [3.05, 3.63) is 53.1 Å². The molecule has 0 bridgehead atoms. The van der Waals surface area contributed by atoms with E-state index in [1.165, 1.54) is 6.07 Å². The van der Waals surface area contributed by atoms with E-state index in [-0.39, 0.29) is 23.2 Å². The second kappa shape index (κ2) is 9.66. The largest absolute Gasteiger partial charge is 0.416 e. The van der Waals surface area contributed by atoms with Gasteiger partial charge in [-0.1, -0.05) is 13.0 Å². The third-order valence-electron chi connectivity index (χ3n) is 6.67. The Hall–Kier alpha value is -3.07. The maximum atomic E-state index is 13.4. The van der Waals surface area contributed by atoms with Crippen molar-refractivity contribution in [3.63, 3.8) is 0 Å². The molecule has 0 spiro atoms. The highest BCUT2D eigenvalue weighted by molar-refractivity contribution is 6.08. The number of halogens is 3. The van der Waals surface area contributed by atoms with Crippen molar-refractivity contribution in [1.82, 2.24) is 4.90 Å². The zero-order valence-corrected chi connectivity index (χ0v) is 19.3. The number of carbonyl (C=O) groups excluding carboxylic acids is 2. The molecule has 0 aromatic heterocycles. The van der Waals surface area contributed by atoms with E-state index in [9.17, 15) is 22.8 Å². The molecule has 2 aromatic carbocycles. The summed E-state index contributed by atoms with van der Waals surface area (Å²) in [7, 11) is 1.69. The van der Waals surface area contributed by atoms with Gasteiger partial charge >= 0.3 is 6.18 Å². The van der Waals surface area contributed by atoms with Crippen LogP contribution in [-0.2, 0) is 17.4 Å². The molecule has 1 fully saturated rings. The number of piperidine rings is 1. The Morgan fingerprint density at radius 2 is 1.82 bits per heavy atom. The fraction of sp³-hybridized carbons (Fsp3) is 0.440. The zero-order chi connectivity index (χ0) is 24.5. The Bertz CT molecular complexity index is 1080. The highest BCUT2D eigenvalue weighted by Crippen LogP contribution is 2.34. The fourth-order valence-electron chi connectivity index (χ4n) is 4.56. The summed E-state index contributed by atoms with van der Waals surface area (Å²) in [5, 5.41) is 5.99. The van der Waals surface area contributed by atoms with Crippen LogP contribution in [0.5, 0.6) is 0 Å². The van der Waals surface area contributed by atoms with Gasteiger partial charge in [0.1, 0.15) is 0 Å². The Morgan fingerprint density at radius 3 is 2.50 bits per heavy atom. The van der Waals surface area contributed by atoms with E-state index in [1.54, 1.807) is 24.1 Å². The molecule has 2 N–H and O–H groups in total. The molecule has 9 heteroatoms. The molecule has 0 radical (unpaired) electrons. The summed E-state index contributed by atoms with van der Waals surface area (Å²) < 4.78 is 40.2. The molecule has 2 aromatic rings. The van der Waals surface area contributed by atoms with Gasteiger partial charge in [-0.2, -0.15) is 13.2 Å². The number of likely N-dealkylation sites (tertiary alicyclic amines) is 1. The fourth-order valence-corrected chi connectivity index (χ4v) is 4.56. The normalized spacial score (nSPS) is 17.4. The number of hydrogen-bond donors (Lipinski definition) is 2. The van der Waals surface area contributed by atoms with Crippen LogP contribution in [0.2, 0.25) is 0 Å². The predicted octanol–water partition coefficient (Wildman–Crippen LogP) is 4.76. The van der Waals surface area contributed by atoms with Gasteiger partial charge in [-0.15, -0.1) is 0 Å². The van der Waals surface area contributed by atoms with Gasteiger partial charge in [0.2, 0.25) is 5.91 Å². The number of aryl methyl sites for hydroxylation is 1. The SMILES string of the molecule is CCN1CCC(Nc2cc(C(F)(F)F)ccc2C(=O)Nc2ccc3c(c2)N(C)C(=O)CC3)CC1. The van der Waals surface area contributed by atoms with Crippen molar-refractivity contribution < 1.29 is 22.8 Å². The highest BCUT2D eigenvalue weighted by atomic mass is 19.4. The monoisotopic (exact) mass is 474 g/mol. The summed E-state index contributed by atoms with van der Waals surface area (Å²) >= 11 is 0. The highest BCUT2D eigenvalue weighted by Gasteiger charge is 2.32. The molecule has 2 heterocycles. The first-order chi connectivity index (χ1) is 16.2. The van der Waals surface area contributed by atoms with Crippen LogP contribution in [0.4, 0.5) is 30.2 Å². The number of anilines is 3. The molecule has 0 unspecified atom stereocenters. The second-order valence-corrected chi connectivity index (χ2v) is 8.86. The van der Waals surface area contributed by atoms with Gasteiger partial charge in [0.15, 0.2) is 0 Å². The molecule has 4 rings (SSSR count). The first-order valence-corrected chi connectivity index (χ1v) is 11.6. The molecule has 182 valence electrons. The number of hydrogen-bond acceptors (Lipinski definition) is 4. The van der Waals surface area contributed by atoms with Crippen LogP contribution >= 0.6 is 0 Å². The van der Waals surface area contributed by atoms with Crippen molar-refractivity contribution in [2.75, 3.05) is 42.2 Å². The molecule has 1 saturated heterocycles. The molecule has 0 saturated carbocycles. The summed E-state index contributed by atoms with van der Waals surface area (Å²) in [6.07, 6.45) is -1.86. The number of fused-ring (bicyclic) bond motifs is 1. The van der Waals surface area contributed by atoms with Crippen molar-refractivity contribution in [3.8, 4) is 0 Å². The molecule has 2 aliphatic heterocycles. The first kappa shape index (κ1) is 24.1. The van der Waals surface area contributed by atoms with E-state index in [0.717, 1.165) is 55.9 Å². The van der Waals surface area contributed by atoms with Gasteiger partial charge in [0.05, 0.1) is 11.1 Å². The molecule has 6 nitrogen and oxygen atoms in total. The van der Waals surface area contributed by atoms with Gasteiger partial charge < -0.3 is 20.4 Å². The Kier molecular flexibility index (Phi) is 6.84. The lowest BCUT2D eigenvalue weighted by Gasteiger charge is -2.32. The van der Waals surface area contributed by atoms with E-state index in [2.05, 4.69) is 22.5 Å². The average Bonchev–Trinajstić information content (AvgIpc) is 2.81. The van der Waals surface area contributed by atoms with Gasteiger partial charge in [-0.3, -0.25) is 9.59 Å². The first-order valence-electron chi connectivity index (χ1n) is 11.6. The number of benzene rings is 2. The van der Waals surface area contributed by atoms with Crippen LogP contribution in [0.1, 0.15) is 47.7 Å². The van der Waals surface area contributed by atoms with Crippen LogP contribution in [0, 0.1) is 0 Å². The van der Waals surface area contributed by atoms with Crippen LogP contribution in [0.15, 0.2) is 36.4 Å². The number of alkyl halides is 3. The number of nitrogens with zero attached hydrogens (tertiary/aromatic N) is 2. The van der Waals surface area contributed by atoms with Crippen molar-refractivity contribution in [2.45, 2.75) is 44.8 Å². The maximum Gasteiger partial charge on any atom is 0.416 e. The van der Waals surface area contributed by atoms with Crippen LogP contribution in [-0.4, -0.2) is 49.4 Å². The van der Waals surface area contributed by atoms with Crippen molar-refractivity contribution in [1.29, 1.82) is 0 Å². The standard InChI is InChI=1S/C25H29F3N4O2/c1-3-32-12-10-18(11-13-32)29-21-14-17(25(26,27)28)6-8-20(21)24(34)30-19-7-4-16-5-9-23(33)31(2)22(16)15-19/h4,6-8,14-15,18,29H,3,5,9-13H2,1-2H3,(H,30,34). The van der Waals surface area contributed by atoms with E-state index in [4.69, 9.17) is 0 Å². The number of carbonyl (C=O) groups is 2. The Labute approximate surface area is 197 Å².